The van der Waals surface area contributed by atoms with Crippen LogP contribution in [0.3, 0.4) is 0 Å². The van der Waals surface area contributed by atoms with Gasteiger partial charge in [-0.15, -0.1) is 0 Å². The summed E-state index contributed by atoms with van der Waals surface area (Å²) in [6, 6.07) is 8.57. The summed E-state index contributed by atoms with van der Waals surface area (Å²) in [4.78, 5) is 7.58. The third kappa shape index (κ3) is 2.06. The first-order valence-electron chi connectivity index (χ1n) is 5.74. The van der Waals surface area contributed by atoms with Crippen LogP contribution in [0.5, 0.6) is 0 Å². The summed E-state index contributed by atoms with van der Waals surface area (Å²) in [6.45, 7) is 2.02. The van der Waals surface area contributed by atoms with Gasteiger partial charge < -0.3 is 10.0 Å². The molecular formula is C13H14N2OS. The summed E-state index contributed by atoms with van der Waals surface area (Å²) in [5.74, 6) is 0. The van der Waals surface area contributed by atoms with E-state index in [0.717, 1.165) is 29.5 Å². The van der Waals surface area contributed by atoms with Gasteiger partial charge in [0.1, 0.15) is 0 Å². The molecule has 0 atom stereocenters. The Labute approximate surface area is 104 Å². The maximum Gasteiger partial charge on any atom is 0.185 e. The zero-order valence-electron chi connectivity index (χ0n) is 9.47. The van der Waals surface area contributed by atoms with Gasteiger partial charge in [0.15, 0.2) is 5.13 Å². The van der Waals surface area contributed by atoms with E-state index in [0.29, 0.717) is 0 Å². The summed E-state index contributed by atoms with van der Waals surface area (Å²) < 4.78 is 0. The van der Waals surface area contributed by atoms with E-state index in [4.69, 9.17) is 5.11 Å². The topological polar surface area (TPSA) is 36.4 Å². The van der Waals surface area contributed by atoms with Crippen LogP contribution in [0.4, 0.5) is 5.13 Å². The van der Waals surface area contributed by atoms with Gasteiger partial charge in [-0.3, -0.25) is 0 Å². The molecule has 0 saturated carbocycles. The molecule has 0 radical (unpaired) electrons. The second kappa shape index (κ2) is 4.47. The maximum atomic E-state index is 9.06. The molecule has 1 aromatic carbocycles. The predicted molar refractivity (Wildman–Crippen MR) is 69.2 cm³/mol. The van der Waals surface area contributed by atoms with Crippen molar-refractivity contribution >= 4 is 16.5 Å². The van der Waals surface area contributed by atoms with Crippen molar-refractivity contribution in [2.75, 3.05) is 11.4 Å². The number of nitrogens with zero attached hydrogens (tertiary/aromatic N) is 2. The van der Waals surface area contributed by atoms with E-state index in [9.17, 15) is 0 Å². The lowest BCUT2D eigenvalue weighted by molar-refractivity contribution is 0.285. The number of hydrogen-bond donors (Lipinski definition) is 1. The van der Waals surface area contributed by atoms with Crippen LogP contribution >= 0.6 is 11.3 Å². The van der Waals surface area contributed by atoms with Crippen LogP contribution in [0, 0.1) is 0 Å². The van der Waals surface area contributed by atoms with Gasteiger partial charge in [-0.25, -0.2) is 4.98 Å². The summed E-state index contributed by atoms with van der Waals surface area (Å²) in [5.41, 5.74) is 2.84. The second-order valence-corrected chi connectivity index (χ2v) is 5.30. The van der Waals surface area contributed by atoms with E-state index in [1.165, 1.54) is 11.1 Å². The van der Waals surface area contributed by atoms with Gasteiger partial charge in [0.05, 0.1) is 11.5 Å². The van der Waals surface area contributed by atoms with Gasteiger partial charge in [-0.1, -0.05) is 35.6 Å². The van der Waals surface area contributed by atoms with Crippen molar-refractivity contribution in [3.05, 3.63) is 46.5 Å². The largest absolute Gasteiger partial charge is 0.391 e. The standard InChI is InChI=1S/C13H14N2OS/c16-9-12-7-14-13(17-12)15-6-5-10-3-1-2-4-11(10)8-15/h1-4,7,16H,5-6,8-9H2. The van der Waals surface area contributed by atoms with E-state index < -0.39 is 0 Å². The summed E-state index contributed by atoms with van der Waals surface area (Å²) in [6.07, 6.45) is 2.84. The number of rotatable bonds is 2. The normalized spacial score (nSPS) is 14.8. The quantitative estimate of drug-likeness (QED) is 0.882. The van der Waals surface area contributed by atoms with Crippen LogP contribution in [-0.4, -0.2) is 16.6 Å². The van der Waals surface area contributed by atoms with Crippen LogP contribution in [0.2, 0.25) is 0 Å². The zero-order chi connectivity index (χ0) is 11.7. The highest BCUT2D eigenvalue weighted by molar-refractivity contribution is 7.15. The van der Waals surface area contributed by atoms with Crippen LogP contribution < -0.4 is 4.90 Å². The molecule has 2 aromatic rings. The Balaban J connectivity index is 1.84. The monoisotopic (exact) mass is 246 g/mol. The van der Waals surface area contributed by atoms with Crippen molar-refractivity contribution in [2.45, 2.75) is 19.6 Å². The SMILES string of the molecule is OCc1cnc(N2CCc3ccccc3C2)s1. The van der Waals surface area contributed by atoms with Gasteiger partial charge >= 0.3 is 0 Å². The van der Waals surface area contributed by atoms with Crippen molar-refractivity contribution < 1.29 is 5.11 Å². The number of anilines is 1. The van der Waals surface area contributed by atoms with Crippen molar-refractivity contribution in [3.8, 4) is 0 Å². The smallest absolute Gasteiger partial charge is 0.185 e. The number of hydrogen-bond acceptors (Lipinski definition) is 4. The molecule has 1 aliphatic heterocycles. The van der Waals surface area contributed by atoms with Gasteiger partial charge in [-0.05, 0) is 17.5 Å². The molecule has 0 spiro atoms. The van der Waals surface area contributed by atoms with E-state index in [1.807, 2.05) is 0 Å². The average molecular weight is 246 g/mol. The molecule has 1 aromatic heterocycles. The Kier molecular flexibility index (Phi) is 2.82. The molecule has 0 fully saturated rings. The fourth-order valence-corrected chi connectivity index (χ4v) is 2.97. The molecule has 2 heterocycles. The lowest BCUT2D eigenvalue weighted by Crippen LogP contribution is -2.30. The van der Waals surface area contributed by atoms with Crippen molar-refractivity contribution in [1.82, 2.24) is 4.98 Å². The van der Waals surface area contributed by atoms with Crippen LogP contribution in [-0.2, 0) is 19.6 Å². The number of benzene rings is 1. The first-order chi connectivity index (χ1) is 8.36. The van der Waals surface area contributed by atoms with Gasteiger partial charge in [0.2, 0.25) is 0 Å². The Morgan fingerprint density at radius 3 is 2.88 bits per heavy atom. The molecule has 1 N–H and O–H groups in total. The van der Waals surface area contributed by atoms with Crippen LogP contribution in [0.25, 0.3) is 0 Å². The fourth-order valence-electron chi connectivity index (χ4n) is 2.18. The summed E-state index contributed by atoms with van der Waals surface area (Å²) >= 11 is 1.58. The molecule has 1 aliphatic rings. The molecular weight excluding hydrogens is 232 g/mol. The van der Waals surface area contributed by atoms with Crippen molar-refractivity contribution in [1.29, 1.82) is 0 Å². The molecule has 0 bridgehead atoms. The highest BCUT2D eigenvalue weighted by Crippen LogP contribution is 2.27. The van der Waals surface area contributed by atoms with E-state index in [-0.39, 0.29) is 6.61 Å². The Morgan fingerprint density at radius 2 is 2.12 bits per heavy atom. The number of fused-ring (bicyclic) bond motifs is 1. The van der Waals surface area contributed by atoms with Gasteiger partial charge in [0.25, 0.3) is 0 Å². The number of aliphatic hydroxyl groups is 1. The predicted octanol–water partition coefficient (Wildman–Crippen LogP) is 2.20. The minimum absolute atomic E-state index is 0.0854. The van der Waals surface area contributed by atoms with Crippen molar-refractivity contribution in [2.24, 2.45) is 0 Å². The molecule has 3 rings (SSSR count). The molecule has 3 nitrogen and oxygen atoms in total. The third-order valence-corrected chi connectivity index (χ3v) is 4.14. The second-order valence-electron chi connectivity index (χ2n) is 4.21. The first kappa shape index (κ1) is 10.7. The van der Waals surface area contributed by atoms with Crippen LogP contribution in [0.1, 0.15) is 16.0 Å². The first-order valence-corrected chi connectivity index (χ1v) is 6.56. The molecule has 0 amide bonds. The molecule has 88 valence electrons. The lowest BCUT2D eigenvalue weighted by Gasteiger charge is -2.28. The Hall–Kier alpha value is -1.39. The zero-order valence-corrected chi connectivity index (χ0v) is 10.3. The molecule has 0 aliphatic carbocycles. The lowest BCUT2D eigenvalue weighted by atomic mass is 10.0. The highest BCUT2D eigenvalue weighted by atomic mass is 32.1. The Morgan fingerprint density at radius 1 is 1.29 bits per heavy atom. The summed E-state index contributed by atoms with van der Waals surface area (Å²) in [5, 5.41) is 10.1. The fraction of sp³-hybridized carbons (Fsp3) is 0.308. The number of aliphatic hydroxyl groups excluding tert-OH is 1. The minimum Gasteiger partial charge on any atom is -0.391 e. The van der Waals surface area contributed by atoms with E-state index in [2.05, 4.69) is 34.1 Å². The average Bonchev–Trinajstić information content (AvgIpc) is 2.87. The van der Waals surface area contributed by atoms with E-state index >= 15 is 0 Å². The maximum absolute atomic E-state index is 9.06. The van der Waals surface area contributed by atoms with Gasteiger partial charge in [0, 0.05) is 19.3 Å². The van der Waals surface area contributed by atoms with Crippen LogP contribution in [0.15, 0.2) is 30.5 Å². The molecule has 17 heavy (non-hydrogen) atoms. The number of thiazole rings is 1. The molecule has 0 unspecified atom stereocenters. The highest BCUT2D eigenvalue weighted by Gasteiger charge is 2.18. The Bertz CT molecular complexity index is 524. The molecule has 0 saturated heterocycles. The van der Waals surface area contributed by atoms with E-state index in [1.54, 1.807) is 17.5 Å². The summed E-state index contributed by atoms with van der Waals surface area (Å²) in [7, 11) is 0. The number of aromatic nitrogens is 1. The third-order valence-electron chi connectivity index (χ3n) is 3.10. The molecule has 4 heteroatoms. The van der Waals surface area contributed by atoms with Gasteiger partial charge in [-0.2, -0.15) is 0 Å². The minimum atomic E-state index is 0.0854. The van der Waals surface area contributed by atoms with Crippen molar-refractivity contribution in [3.63, 3.8) is 0 Å².